The van der Waals surface area contributed by atoms with Crippen molar-refractivity contribution < 1.29 is 5.11 Å². The molecular weight excluding hydrogens is 230 g/mol. The summed E-state index contributed by atoms with van der Waals surface area (Å²) in [6.07, 6.45) is 0. The number of nitrogens with zero attached hydrogens (tertiary/aromatic N) is 1. The Morgan fingerprint density at radius 3 is 2.59 bits per heavy atom. The SMILES string of the molecule is Cc1ccc(Sc2ccccc2O)c(C#N)c1. The van der Waals surface area contributed by atoms with Gasteiger partial charge in [-0.3, -0.25) is 0 Å². The van der Waals surface area contributed by atoms with Crippen LogP contribution in [0.25, 0.3) is 0 Å². The maximum atomic E-state index is 9.69. The first-order valence-corrected chi connectivity index (χ1v) is 5.99. The number of hydrogen-bond donors (Lipinski definition) is 1. The summed E-state index contributed by atoms with van der Waals surface area (Å²) in [5.41, 5.74) is 1.70. The standard InChI is InChI=1S/C14H11NOS/c1-10-6-7-13(11(8-10)9-15)17-14-5-3-2-4-12(14)16/h2-8,16H,1H3. The van der Waals surface area contributed by atoms with E-state index >= 15 is 0 Å². The van der Waals surface area contributed by atoms with E-state index in [-0.39, 0.29) is 5.75 Å². The van der Waals surface area contributed by atoms with Gasteiger partial charge < -0.3 is 5.11 Å². The largest absolute Gasteiger partial charge is 0.507 e. The van der Waals surface area contributed by atoms with Gasteiger partial charge in [0.15, 0.2) is 0 Å². The molecule has 0 bridgehead atoms. The molecule has 0 aliphatic heterocycles. The summed E-state index contributed by atoms with van der Waals surface area (Å²) >= 11 is 1.40. The minimum absolute atomic E-state index is 0.238. The topological polar surface area (TPSA) is 44.0 Å². The fourth-order valence-corrected chi connectivity index (χ4v) is 2.39. The van der Waals surface area contributed by atoms with Gasteiger partial charge in [0.05, 0.1) is 10.5 Å². The molecule has 0 saturated carbocycles. The van der Waals surface area contributed by atoms with Crippen molar-refractivity contribution in [3.8, 4) is 11.8 Å². The van der Waals surface area contributed by atoms with Gasteiger partial charge >= 0.3 is 0 Å². The van der Waals surface area contributed by atoms with E-state index in [1.54, 1.807) is 12.1 Å². The molecule has 0 amide bonds. The molecule has 2 aromatic rings. The Kier molecular flexibility index (Phi) is 3.36. The van der Waals surface area contributed by atoms with E-state index in [1.165, 1.54) is 11.8 Å². The molecule has 0 unspecified atom stereocenters. The molecule has 0 spiro atoms. The van der Waals surface area contributed by atoms with Crippen molar-refractivity contribution in [2.24, 2.45) is 0 Å². The molecule has 0 atom stereocenters. The minimum atomic E-state index is 0.238. The molecule has 2 aromatic carbocycles. The van der Waals surface area contributed by atoms with Crippen molar-refractivity contribution in [3.05, 3.63) is 53.6 Å². The quantitative estimate of drug-likeness (QED) is 0.871. The molecule has 0 aliphatic carbocycles. The van der Waals surface area contributed by atoms with Gasteiger partial charge in [0.1, 0.15) is 11.8 Å². The molecule has 0 aliphatic rings. The third kappa shape index (κ3) is 2.61. The van der Waals surface area contributed by atoms with Crippen LogP contribution >= 0.6 is 11.8 Å². The Bertz CT molecular complexity index is 587. The van der Waals surface area contributed by atoms with Crippen LogP contribution in [0.1, 0.15) is 11.1 Å². The summed E-state index contributed by atoms with van der Waals surface area (Å²) in [7, 11) is 0. The number of rotatable bonds is 2. The van der Waals surface area contributed by atoms with Crippen LogP contribution < -0.4 is 0 Å². The maximum absolute atomic E-state index is 9.69. The average Bonchev–Trinajstić information content (AvgIpc) is 2.34. The summed E-state index contributed by atoms with van der Waals surface area (Å²) < 4.78 is 0. The van der Waals surface area contributed by atoms with Crippen LogP contribution in [0.4, 0.5) is 0 Å². The van der Waals surface area contributed by atoms with Gasteiger partial charge in [-0.05, 0) is 36.8 Å². The van der Waals surface area contributed by atoms with Gasteiger partial charge in [-0.15, -0.1) is 0 Å². The van der Waals surface area contributed by atoms with Crippen LogP contribution in [0.3, 0.4) is 0 Å². The zero-order chi connectivity index (χ0) is 12.3. The highest BCUT2D eigenvalue weighted by molar-refractivity contribution is 7.99. The van der Waals surface area contributed by atoms with E-state index in [2.05, 4.69) is 6.07 Å². The fourth-order valence-electron chi connectivity index (χ4n) is 1.48. The minimum Gasteiger partial charge on any atom is -0.507 e. The molecule has 0 saturated heterocycles. The van der Waals surface area contributed by atoms with Gasteiger partial charge in [-0.2, -0.15) is 5.26 Å². The van der Waals surface area contributed by atoms with Crippen LogP contribution in [0.2, 0.25) is 0 Å². The van der Waals surface area contributed by atoms with Gasteiger partial charge in [-0.1, -0.05) is 30.0 Å². The number of para-hydroxylation sites is 1. The number of aromatic hydroxyl groups is 1. The molecule has 17 heavy (non-hydrogen) atoms. The van der Waals surface area contributed by atoms with Crippen molar-refractivity contribution >= 4 is 11.8 Å². The highest BCUT2D eigenvalue weighted by Gasteiger charge is 2.07. The van der Waals surface area contributed by atoms with E-state index < -0.39 is 0 Å². The van der Waals surface area contributed by atoms with Crippen molar-refractivity contribution in [1.29, 1.82) is 5.26 Å². The summed E-state index contributed by atoms with van der Waals surface area (Å²) in [6.45, 7) is 1.95. The van der Waals surface area contributed by atoms with Crippen LogP contribution in [0.15, 0.2) is 52.3 Å². The molecule has 2 nitrogen and oxygen atoms in total. The van der Waals surface area contributed by atoms with Crippen LogP contribution in [0, 0.1) is 18.3 Å². The van der Waals surface area contributed by atoms with Crippen LogP contribution in [0.5, 0.6) is 5.75 Å². The Labute approximate surface area is 105 Å². The molecule has 0 radical (unpaired) electrons. The number of nitriles is 1. The third-order valence-corrected chi connectivity index (χ3v) is 3.48. The Morgan fingerprint density at radius 2 is 1.88 bits per heavy atom. The molecule has 2 rings (SSSR count). The van der Waals surface area contributed by atoms with Crippen molar-refractivity contribution in [3.63, 3.8) is 0 Å². The lowest BCUT2D eigenvalue weighted by atomic mass is 10.2. The molecular formula is C14H11NOS. The first-order chi connectivity index (χ1) is 8.20. The van der Waals surface area contributed by atoms with E-state index in [4.69, 9.17) is 5.26 Å². The molecule has 3 heteroatoms. The van der Waals surface area contributed by atoms with E-state index in [1.807, 2.05) is 37.3 Å². The highest BCUT2D eigenvalue weighted by Crippen LogP contribution is 2.35. The molecule has 0 aromatic heterocycles. The second-order valence-corrected chi connectivity index (χ2v) is 4.76. The zero-order valence-electron chi connectivity index (χ0n) is 9.34. The monoisotopic (exact) mass is 241 g/mol. The van der Waals surface area contributed by atoms with Gasteiger partial charge in [0.2, 0.25) is 0 Å². The lowest BCUT2D eigenvalue weighted by Crippen LogP contribution is -1.83. The summed E-state index contributed by atoms with van der Waals surface area (Å²) in [5, 5.41) is 18.8. The average molecular weight is 241 g/mol. The Morgan fingerprint density at radius 1 is 1.12 bits per heavy atom. The molecule has 84 valence electrons. The molecule has 0 fully saturated rings. The number of phenols is 1. The first-order valence-electron chi connectivity index (χ1n) is 5.17. The number of phenolic OH excluding ortho intramolecular Hbond substituents is 1. The normalized spacial score (nSPS) is 9.88. The molecule has 1 N–H and O–H groups in total. The van der Waals surface area contributed by atoms with E-state index in [9.17, 15) is 5.11 Å². The van der Waals surface area contributed by atoms with Crippen molar-refractivity contribution in [1.82, 2.24) is 0 Å². The summed E-state index contributed by atoms with van der Waals surface area (Å²) in [4.78, 5) is 1.62. The van der Waals surface area contributed by atoms with E-state index in [0.717, 1.165) is 15.4 Å². The predicted octanol–water partition coefficient (Wildman–Crippen LogP) is 3.72. The van der Waals surface area contributed by atoms with Crippen LogP contribution in [-0.2, 0) is 0 Å². The second kappa shape index (κ2) is 4.94. The Hall–Kier alpha value is -1.92. The van der Waals surface area contributed by atoms with Crippen LogP contribution in [-0.4, -0.2) is 5.11 Å². The van der Waals surface area contributed by atoms with Crippen molar-refractivity contribution in [2.75, 3.05) is 0 Å². The van der Waals surface area contributed by atoms with Gasteiger partial charge in [0, 0.05) is 4.90 Å². The third-order valence-electron chi connectivity index (χ3n) is 2.34. The summed E-state index contributed by atoms with van der Waals surface area (Å²) in [6, 6.07) is 15.0. The van der Waals surface area contributed by atoms with Gasteiger partial charge in [0.25, 0.3) is 0 Å². The zero-order valence-corrected chi connectivity index (χ0v) is 10.2. The second-order valence-electron chi connectivity index (χ2n) is 3.68. The summed E-state index contributed by atoms with van der Waals surface area (Å²) in [5.74, 6) is 0.238. The van der Waals surface area contributed by atoms with Gasteiger partial charge in [-0.25, -0.2) is 0 Å². The number of hydrogen-bond acceptors (Lipinski definition) is 3. The smallest absolute Gasteiger partial charge is 0.129 e. The van der Waals surface area contributed by atoms with Crippen molar-refractivity contribution in [2.45, 2.75) is 16.7 Å². The highest BCUT2D eigenvalue weighted by atomic mass is 32.2. The lowest BCUT2D eigenvalue weighted by molar-refractivity contribution is 0.462. The molecule has 0 heterocycles. The van der Waals surface area contributed by atoms with E-state index in [0.29, 0.717) is 5.56 Å². The number of benzene rings is 2. The first kappa shape index (κ1) is 11.6. The number of aryl methyl sites for hydroxylation is 1. The lowest BCUT2D eigenvalue weighted by Gasteiger charge is -2.06. The predicted molar refractivity (Wildman–Crippen MR) is 68.1 cm³/mol. The maximum Gasteiger partial charge on any atom is 0.129 e. The fraction of sp³-hybridized carbons (Fsp3) is 0.0714. The Balaban J connectivity index is 2.37.